The van der Waals surface area contributed by atoms with E-state index in [9.17, 15) is 4.79 Å². The van der Waals surface area contributed by atoms with E-state index >= 15 is 0 Å². The van der Waals surface area contributed by atoms with Gasteiger partial charge in [0.1, 0.15) is 6.10 Å². The first kappa shape index (κ1) is 21.7. The summed E-state index contributed by atoms with van der Waals surface area (Å²) in [7, 11) is 4.01. The van der Waals surface area contributed by atoms with Crippen molar-refractivity contribution in [3.05, 3.63) is 35.9 Å². The lowest BCUT2D eigenvalue weighted by Crippen LogP contribution is -2.24. The topological polar surface area (TPSA) is 29.5 Å². The van der Waals surface area contributed by atoms with Gasteiger partial charge < -0.3 is 9.64 Å². The minimum absolute atomic E-state index is 0.0707. The first-order valence-corrected chi connectivity index (χ1v) is 10.0. The fourth-order valence-corrected chi connectivity index (χ4v) is 3.01. The monoisotopic (exact) mass is 347 g/mol. The number of nitrogens with zero attached hydrogens (tertiary/aromatic N) is 1. The summed E-state index contributed by atoms with van der Waals surface area (Å²) in [6.45, 7) is 2.97. The Balaban J connectivity index is 2.20. The number of likely N-dealkylation sites (N-methyl/N-ethyl adjacent to an activating group) is 1. The molecule has 0 fully saturated rings. The van der Waals surface area contributed by atoms with Gasteiger partial charge in [0.15, 0.2) is 0 Å². The molecule has 1 unspecified atom stereocenters. The molecule has 1 aromatic rings. The molecule has 0 saturated heterocycles. The van der Waals surface area contributed by atoms with Crippen LogP contribution in [0.2, 0.25) is 0 Å². The van der Waals surface area contributed by atoms with E-state index in [2.05, 4.69) is 11.8 Å². The fraction of sp³-hybridized carbons (Fsp3) is 0.682. The molecule has 25 heavy (non-hydrogen) atoms. The van der Waals surface area contributed by atoms with Crippen LogP contribution in [0.4, 0.5) is 0 Å². The van der Waals surface area contributed by atoms with E-state index < -0.39 is 0 Å². The minimum atomic E-state index is -0.178. The number of ether oxygens (including phenoxy) is 1. The average molecular weight is 348 g/mol. The second-order valence-corrected chi connectivity index (χ2v) is 7.23. The van der Waals surface area contributed by atoms with E-state index in [1.807, 2.05) is 44.4 Å². The fourth-order valence-electron chi connectivity index (χ4n) is 3.01. The van der Waals surface area contributed by atoms with Gasteiger partial charge in [-0.1, -0.05) is 88.6 Å². The molecule has 3 nitrogen and oxygen atoms in total. The predicted molar refractivity (Wildman–Crippen MR) is 106 cm³/mol. The summed E-state index contributed by atoms with van der Waals surface area (Å²) in [4.78, 5) is 14.2. The van der Waals surface area contributed by atoms with Crippen molar-refractivity contribution < 1.29 is 9.53 Å². The van der Waals surface area contributed by atoms with Gasteiger partial charge in [-0.2, -0.15) is 0 Å². The molecule has 142 valence electrons. The third-order valence-electron chi connectivity index (χ3n) is 4.46. The van der Waals surface area contributed by atoms with Crippen molar-refractivity contribution in [2.24, 2.45) is 0 Å². The number of hydrogen-bond acceptors (Lipinski definition) is 3. The van der Waals surface area contributed by atoms with Crippen molar-refractivity contribution in [1.82, 2.24) is 4.90 Å². The molecule has 0 aliphatic heterocycles. The Hall–Kier alpha value is -1.35. The van der Waals surface area contributed by atoms with Gasteiger partial charge in [0.2, 0.25) is 0 Å². The second-order valence-electron chi connectivity index (χ2n) is 7.23. The highest BCUT2D eigenvalue weighted by Gasteiger charge is 2.17. The number of benzene rings is 1. The Kier molecular flexibility index (Phi) is 12.0. The van der Waals surface area contributed by atoms with Gasteiger partial charge in [-0.15, -0.1) is 0 Å². The van der Waals surface area contributed by atoms with Crippen molar-refractivity contribution in [1.29, 1.82) is 0 Å². The van der Waals surface area contributed by atoms with Crippen LogP contribution < -0.4 is 0 Å². The Morgan fingerprint density at radius 3 is 2.04 bits per heavy atom. The van der Waals surface area contributed by atoms with Crippen LogP contribution in [0.5, 0.6) is 0 Å². The molecule has 1 aromatic carbocycles. The molecule has 0 saturated carbocycles. The maximum atomic E-state index is 12.2. The number of carbonyl (C=O) groups is 1. The van der Waals surface area contributed by atoms with E-state index in [-0.39, 0.29) is 12.1 Å². The zero-order valence-corrected chi connectivity index (χ0v) is 16.5. The quantitative estimate of drug-likeness (QED) is 0.317. The lowest BCUT2D eigenvalue weighted by Gasteiger charge is -2.22. The highest BCUT2D eigenvalue weighted by molar-refractivity contribution is 5.69. The number of unbranched alkanes of at least 4 members (excludes halogenated alkanes) is 8. The molecule has 0 amide bonds. The van der Waals surface area contributed by atoms with Gasteiger partial charge >= 0.3 is 5.97 Å². The van der Waals surface area contributed by atoms with Crippen LogP contribution in [0.25, 0.3) is 0 Å². The molecular weight excluding hydrogens is 310 g/mol. The van der Waals surface area contributed by atoms with Gasteiger partial charge in [-0.05, 0) is 26.1 Å². The van der Waals surface area contributed by atoms with Crippen LogP contribution in [0, 0.1) is 0 Å². The van der Waals surface area contributed by atoms with E-state index in [1.165, 1.54) is 44.9 Å². The summed E-state index contributed by atoms with van der Waals surface area (Å²) in [5, 5.41) is 0. The Bertz CT molecular complexity index is 445. The molecular formula is C22H37NO2. The van der Waals surface area contributed by atoms with Crippen LogP contribution in [0.1, 0.15) is 82.8 Å². The summed E-state index contributed by atoms with van der Waals surface area (Å²) < 4.78 is 5.74. The normalized spacial score (nSPS) is 12.3. The predicted octanol–water partition coefficient (Wildman–Crippen LogP) is 5.75. The summed E-state index contributed by atoms with van der Waals surface area (Å²) in [5.41, 5.74) is 1.07. The number of rotatable bonds is 14. The molecule has 0 radical (unpaired) electrons. The van der Waals surface area contributed by atoms with Gasteiger partial charge in [0.25, 0.3) is 0 Å². The number of carbonyl (C=O) groups excluding carboxylic acids is 1. The van der Waals surface area contributed by atoms with Crippen molar-refractivity contribution >= 4 is 5.97 Å². The van der Waals surface area contributed by atoms with Crippen LogP contribution >= 0.6 is 0 Å². The molecule has 3 heteroatoms. The highest BCUT2D eigenvalue weighted by atomic mass is 16.5. The summed E-state index contributed by atoms with van der Waals surface area (Å²) in [6, 6.07) is 10.0. The molecule has 1 atom stereocenters. The molecule has 0 aromatic heterocycles. The average Bonchev–Trinajstić information content (AvgIpc) is 2.60. The molecule has 0 aliphatic carbocycles. The minimum Gasteiger partial charge on any atom is -0.456 e. The first-order valence-electron chi connectivity index (χ1n) is 10.0. The molecule has 0 spiro atoms. The Labute approximate surface area is 154 Å². The first-order chi connectivity index (χ1) is 12.1. The third-order valence-corrected chi connectivity index (χ3v) is 4.46. The van der Waals surface area contributed by atoms with Gasteiger partial charge in [-0.3, -0.25) is 4.79 Å². The third kappa shape index (κ3) is 11.0. The zero-order valence-electron chi connectivity index (χ0n) is 16.5. The Morgan fingerprint density at radius 1 is 0.920 bits per heavy atom. The summed E-state index contributed by atoms with van der Waals surface area (Å²) in [6.07, 6.45) is 11.7. The maximum Gasteiger partial charge on any atom is 0.306 e. The van der Waals surface area contributed by atoms with E-state index in [1.54, 1.807) is 0 Å². The number of esters is 1. The zero-order chi connectivity index (χ0) is 18.3. The van der Waals surface area contributed by atoms with Crippen molar-refractivity contribution in [3.8, 4) is 0 Å². The van der Waals surface area contributed by atoms with Crippen LogP contribution in [0.15, 0.2) is 30.3 Å². The lowest BCUT2D eigenvalue weighted by molar-refractivity contribution is -0.150. The highest BCUT2D eigenvalue weighted by Crippen LogP contribution is 2.19. The summed E-state index contributed by atoms with van der Waals surface area (Å²) >= 11 is 0. The maximum absolute atomic E-state index is 12.2. The van der Waals surface area contributed by atoms with Crippen LogP contribution in [-0.4, -0.2) is 31.5 Å². The van der Waals surface area contributed by atoms with Gasteiger partial charge in [0.05, 0.1) is 0 Å². The van der Waals surface area contributed by atoms with E-state index in [0.717, 1.165) is 18.4 Å². The van der Waals surface area contributed by atoms with Crippen LogP contribution in [0.3, 0.4) is 0 Å². The van der Waals surface area contributed by atoms with E-state index in [0.29, 0.717) is 13.0 Å². The number of hydrogen-bond donors (Lipinski definition) is 0. The van der Waals surface area contributed by atoms with Crippen molar-refractivity contribution in [2.75, 3.05) is 20.6 Å². The lowest BCUT2D eigenvalue weighted by atomic mass is 10.1. The molecule has 0 heterocycles. The van der Waals surface area contributed by atoms with Crippen molar-refractivity contribution in [2.45, 2.75) is 77.2 Å². The van der Waals surface area contributed by atoms with Gasteiger partial charge in [0, 0.05) is 13.0 Å². The SMILES string of the molecule is CCCCCCCCCCCC(=O)OC(CN(C)C)c1ccccc1. The smallest absolute Gasteiger partial charge is 0.306 e. The molecule has 0 aliphatic rings. The molecule has 1 rings (SSSR count). The largest absolute Gasteiger partial charge is 0.456 e. The molecule has 0 bridgehead atoms. The van der Waals surface area contributed by atoms with Crippen molar-refractivity contribution in [3.63, 3.8) is 0 Å². The Morgan fingerprint density at radius 2 is 1.48 bits per heavy atom. The molecule has 0 N–H and O–H groups in total. The second kappa shape index (κ2) is 13.9. The summed E-state index contributed by atoms with van der Waals surface area (Å²) in [5.74, 6) is -0.0707. The van der Waals surface area contributed by atoms with Crippen LogP contribution in [-0.2, 0) is 9.53 Å². The van der Waals surface area contributed by atoms with Gasteiger partial charge in [-0.25, -0.2) is 0 Å². The van der Waals surface area contributed by atoms with E-state index in [4.69, 9.17) is 4.74 Å². The standard InChI is InChI=1S/C22H37NO2/c1-4-5-6-7-8-9-10-11-15-18-22(24)25-21(19-23(2)3)20-16-13-12-14-17-20/h12-14,16-17,21H,4-11,15,18-19H2,1-3H3.